The molecule has 1 unspecified atom stereocenters. The van der Waals surface area contributed by atoms with Crippen LogP contribution in [0.25, 0.3) is 0 Å². The van der Waals surface area contributed by atoms with E-state index < -0.39 is 5.97 Å². The van der Waals surface area contributed by atoms with Crippen LogP contribution in [-0.4, -0.2) is 49.7 Å². The molecule has 2 aromatic rings. The highest BCUT2D eigenvalue weighted by molar-refractivity contribution is 5.92. The van der Waals surface area contributed by atoms with Gasteiger partial charge in [-0.05, 0) is 25.8 Å². The van der Waals surface area contributed by atoms with Crippen LogP contribution in [-0.2, 0) is 11.3 Å². The van der Waals surface area contributed by atoms with E-state index in [0.717, 1.165) is 18.5 Å². The molecule has 1 fully saturated rings. The van der Waals surface area contributed by atoms with E-state index in [1.54, 1.807) is 24.9 Å². The second kappa shape index (κ2) is 6.46. The molecule has 8 heteroatoms. The van der Waals surface area contributed by atoms with Crippen molar-refractivity contribution in [2.24, 2.45) is 0 Å². The Morgan fingerprint density at radius 2 is 2.21 bits per heavy atom. The first-order valence-electron chi connectivity index (χ1n) is 7.92. The number of oxazole rings is 1. The number of rotatable bonds is 4. The van der Waals surface area contributed by atoms with E-state index in [2.05, 4.69) is 10.1 Å². The molecule has 2 aromatic heterocycles. The van der Waals surface area contributed by atoms with Gasteiger partial charge in [-0.25, -0.2) is 4.98 Å². The Bertz CT molecular complexity index is 764. The normalized spacial score (nSPS) is 17.9. The maximum absolute atomic E-state index is 12.7. The number of piperidine rings is 1. The molecule has 1 aliphatic heterocycles. The van der Waals surface area contributed by atoms with Crippen LogP contribution in [0.15, 0.2) is 16.7 Å². The Hall–Kier alpha value is -2.64. The standard InChI is InChI=1S/C16H20N4O4/c1-10-15(24-11(2)18-10)16(23)19-7-3-4-12(8-19)13-5-6-17-20(13)9-14(21)22/h5-6,12H,3-4,7-9H2,1-2H3,(H,21,22). The fourth-order valence-electron chi connectivity index (χ4n) is 3.23. The molecule has 128 valence electrons. The summed E-state index contributed by atoms with van der Waals surface area (Å²) < 4.78 is 6.92. The van der Waals surface area contributed by atoms with Gasteiger partial charge >= 0.3 is 5.97 Å². The number of likely N-dealkylation sites (tertiary alicyclic amines) is 1. The van der Waals surface area contributed by atoms with Crippen molar-refractivity contribution in [3.05, 3.63) is 35.3 Å². The number of carbonyl (C=O) groups is 2. The van der Waals surface area contributed by atoms with E-state index in [4.69, 9.17) is 9.52 Å². The van der Waals surface area contributed by atoms with Crippen LogP contribution in [0.5, 0.6) is 0 Å². The summed E-state index contributed by atoms with van der Waals surface area (Å²) in [5, 5.41) is 13.1. The van der Waals surface area contributed by atoms with Crippen molar-refractivity contribution < 1.29 is 19.1 Å². The van der Waals surface area contributed by atoms with Gasteiger partial charge in [-0.3, -0.25) is 14.3 Å². The van der Waals surface area contributed by atoms with Crippen LogP contribution in [0.1, 0.15) is 46.6 Å². The Labute approximate surface area is 139 Å². The van der Waals surface area contributed by atoms with Crippen LogP contribution >= 0.6 is 0 Å². The molecule has 1 amide bonds. The van der Waals surface area contributed by atoms with Crippen LogP contribution in [0.4, 0.5) is 0 Å². The predicted molar refractivity (Wildman–Crippen MR) is 83.7 cm³/mol. The molecule has 3 heterocycles. The zero-order valence-electron chi connectivity index (χ0n) is 13.7. The van der Waals surface area contributed by atoms with E-state index in [-0.39, 0.29) is 24.1 Å². The van der Waals surface area contributed by atoms with Crippen molar-refractivity contribution in [1.29, 1.82) is 0 Å². The largest absolute Gasteiger partial charge is 0.480 e. The van der Waals surface area contributed by atoms with Gasteiger partial charge in [-0.15, -0.1) is 0 Å². The molecule has 0 aliphatic carbocycles. The van der Waals surface area contributed by atoms with E-state index in [9.17, 15) is 9.59 Å². The predicted octanol–water partition coefficient (Wildman–Crippen LogP) is 1.59. The average Bonchev–Trinajstić information content (AvgIpc) is 3.12. The molecule has 1 saturated heterocycles. The number of carboxylic acids is 1. The Morgan fingerprint density at radius 3 is 2.88 bits per heavy atom. The lowest BCUT2D eigenvalue weighted by molar-refractivity contribution is -0.137. The Kier molecular flexibility index (Phi) is 4.37. The fraction of sp³-hybridized carbons (Fsp3) is 0.500. The lowest BCUT2D eigenvalue weighted by Crippen LogP contribution is -2.39. The van der Waals surface area contributed by atoms with Crippen molar-refractivity contribution in [3.8, 4) is 0 Å². The molecular weight excluding hydrogens is 312 g/mol. The number of hydrogen-bond donors (Lipinski definition) is 1. The monoisotopic (exact) mass is 332 g/mol. The van der Waals surface area contributed by atoms with Gasteiger partial charge in [0, 0.05) is 37.8 Å². The number of nitrogens with zero attached hydrogens (tertiary/aromatic N) is 4. The smallest absolute Gasteiger partial charge is 0.325 e. The summed E-state index contributed by atoms with van der Waals surface area (Å²) in [5.74, 6) is -0.274. The van der Waals surface area contributed by atoms with Crippen LogP contribution < -0.4 is 0 Å². The van der Waals surface area contributed by atoms with Crippen molar-refractivity contribution in [1.82, 2.24) is 19.7 Å². The number of aliphatic carboxylic acids is 1. The van der Waals surface area contributed by atoms with Crippen LogP contribution in [0.3, 0.4) is 0 Å². The summed E-state index contributed by atoms with van der Waals surface area (Å²) in [4.78, 5) is 29.5. The second-order valence-corrected chi connectivity index (χ2v) is 6.05. The van der Waals surface area contributed by atoms with E-state index in [0.29, 0.717) is 24.7 Å². The molecule has 1 aliphatic rings. The van der Waals surface area contributed by atoms with Crippen molar-refractivity contribution in [2.45, 2.75) is 39.2 Å². The number of aryl methyl sites for hydroxylation is 2. The number of aromatic nitrogens is 3. The molecule has 0 bridgehead atoms. The van der Waals surface area contributed by atoms with Gasteiger partial charge in [0.05, 0.1) is 5.69 Å². The number of carbonyl (C=O) groups excluding carboxylic acids is 1. The lowest BCUT2D eigenvalue weighted by Gasteiger charge is -2.32. The third-order valence-corrected chi connectivity index (χ3v) is 4.26. The Balaban J connectivity index is 1.77. The summed E-state index contributed by atoms with van der Waals surface area (Å²) in [5.41, 5.74) is 1.44. The minimum Gasteiger partial charge on any atom is -0.480 e. The van der Waals surface area contributed by atoms with Gasteiger partial charge < -0.3 is 14.4 Å². The zero-order chi connectivity index (χ0) is 17.3. The van der Waals surface area contributed by atoms with Crippen molar-refractivity contribution in [2.75, 3.05) is 13.1 Å². The summed E-state index contributed by atoms with van der Waals surface area (Å²) in [6.07, 6.45) is 3.34. The molecule has 0 spiro atoms. The van der Waals surface area contributed by atoms with Gasteiger partial charge in [-0.2, -0.15) is 5.10 Å². The second-order valence-electron chi connectivity index (χ2n) is 6.05. The first-order valence-corrected chi connectivity index (χ1v) is 7.92. The summed E-state index contributed by atoms with van der Waals surface area (Å²) in [7, 11) is 0. The van der Waals surface area contributed by atoms with Gasteiger partial charge in [0.25, 0.3) is 5.91 Å². The third kappa shape index (κ3) is 3.17. The van der Waals surface area contributed by atoms with Gasteiger partial charge in [0.2, 0.25) is 5.76 Å². The lowest BCUT2D eigenvalue weighted by atomic mass is 9.94. The first kappa shape index (κ1) is 16.2. The maximum Gasteiger partial charge on any atom is 0.325 e. The van der Waals surface area contributed by atoms with Gasteiger partial charge in [-0.1, -0.05) is 0 Å². The Morgan fingerprint density at radius 1 is 1.42 bits per heavy atom. The maximum atomic E-state index is 12.7. The fourth-order valence-corrected chi connectivity index (χ4v) is 3.23. The van der Waals surface area contributed by atoms with Crippen LogP contribution in [0.2, 0.25) is 0 Å². The number of carboxylic acid groups (broad SMARTS) is 1. The van der Waals surface area contributed by atoms with Crippen LogP contribution in [0, 0.1) is 13.8 Å². The topological polar surface area (TPSA) is 101 Å². The van der Waals surface area contributed by atoms with Crippen molar-refractivity contribution in [3.63, 3.8) is 0 Å². The molecule has 3 rings (SSSR count). The van der Waals surface area contributed by atoms with E-state index in [1.165, 1.54) is 4.68 Å². The molecular formula is C16H20N4O4. The summed E-state index contributed by atoms with van der Waals surface area (Å²) in [6, 6.07) is 1.82. The molecule has 0 aromatic carbocycles. The molecule has 24 heavy (non-hydrogen) atoms. The highest BCUT2D eigenvalue weighted by Gasteiger charge is 2.30. The molecule has 1 atom stereocenters. The number of amides is 1. The van der Waals surface area contributed by atoms with Crippen molar-refractivity contribution >= 4 is 11.9 Å². The molecule has 8 nitrogen and oxygen atoms in total. The number of hydrogen-bond acceptors (Lipinski definition) is 5. The summed E-state index contributed by atoms with van der Waals surface area (Å²) >= 11 is 0. The molecule has 0 saturated carbocycles. The molecule has 1 N–H and O–H groups in total. The average molecular weight is 332 g/mol. The highest BCUT2D eigenvalue weighted by Crippen LogP contribution is 2.28. The van der Waals surface area contributed by atoms with Gasteiger partial charge in [0.15, 0.2) is 5.89 Å². The minimum absolute atomic E-state index is 0.0638. The third-order valence-electron chi connectivity index (χ3n) is 4.26. The highest BCUT2D eigenvalue weighted by atomic mass is 16.4. The quantitative estimate of drug-likeness (QED) is 0.912. The molecule has 0 radical (unpaired) electrons. The minimum atomic E-state index is -0.934. The zero-order valence-corrected chi connectivity index (χ0v) is 13.7. The first-order chi connectivity index (χ1) is 11.5. The summed E-state index contributed by atoms with van der Waals surface area (Å²) in [6.45, 7) is 4.47. The van der Waals surface area contributed by atoms with E-state index in [1.807, 2.05) is 6.07 Å². The van der Waals surface area contributed by atoms with E-state index >= 15 is 0 Å². The van der Waals surface area contributed by atoms with Gasteiger partial charge in [0.1, 0.15) is 6.54 Å². The SMILES string of the molecule is Cc1nc(C)c(C(=O)N2CCCC(c3ccnn3CC(=O)O)C2)o1.